The standard InChI is InChI=1S/C29H46N2/c1-19(2)24-14-13-23(9)26(21(5)6)27(24)30-16-17-31(18-30)28-25(20(3)4)12-11-15-29(28,10)22(7)8/h11-14,16-17,19-23,26H,15,18H2,1-10H3. The van der Waals surface area contributed by atoms with Gasteiger partial charge >= 0.3 is 0 Å². The Bertz CT molecular complexity index is 818. The van der Waals surface area contributed by atoms with Gasteiger partial charge in [-0.25, -0.2) is 0 Å². The van der Waals surface area contributed by atoms with E-state index in [-0.39, 0.29) is 5.41 Å². The van der Waals surface area contributed by atoms with E-state index in [1.54, 1.807) is 5.70 Å². The first kappa shape index (κ1) is 24.0. The lowest BCUT2D eigenvalue weighted by Crippen LogP contribution is -2.40. The summed E-state index contributed by atoms with van der Waals surface area (Å²) >= 11 is 0. The lowest BCUT2D eigenvalue weighted by molar-refractivity contribution is 0.185. The molecule has 3 atom stereocenters. The summed E-state index contributed by atoms with van der Waals surface area (Å²) in [6.45, 7) is 24.7. The third-order valence-electron chi connectivity index (χ3n) is 7.98. The van der Waals surface area contributed by atoms with Gasteiger partial charge in [0.25, 0.3) is 0 Å². The second-order valence-electron chi connectivity index (χ2n) is 11.5. The molecule has 0 aromatic rings. The number of hydrogen-bond donors (Lipinski definition) is 0. The summed E-state index contributed by atoms with van der Waals surface area (Å²) < 4.78 is 0. The van der Waals surface area contributed by atoms with Gasteiger partial charge in [-0.05, 0) is 47.2 Å². The minimum atomic E-state index is 0.168. The van der Waals surface area contributed by atoms with Gasteiger partial charge in [0.2, 0.25) is 0 Å². The van der Waals surface area contributed by atoms with Gasteiger partial charge in [-0.3, -0.25) is 0 Å². The molecule has 2 heteroatoms. The predicted octanol–water partition coefficient (Wildman–Crippen LogP) is 7.95. The molecule has 0 aromatic heterocycles. The summed E-state index contributed by atoms with van der Waals surface area (Å²) in [6, 6.07) is 0. The highest BCUT2D eigenvalue weighted by molar-refractivity contribution is 5.39. The Morgan fingerprint density at radius 3 is 2.03 bits per heavy atom. The van der Waals surface area contributed by atoms with Crippen molar-refractivity contribution in [1.82, 2.24) is 9.80 Å². The molecule has 0 saturated carbocycles. The maximum atomic E-state index is 2.56. The highest BCUT2D eigenvalue weighted by Crippen LogP contribution is 2.48. The molecule has 3 aliphatic rings. The van der Waals surface area contributed by atoms with Crippen molar-refractivity contribution in [1.29, 1.82) is 0 Å². The van der Waals surface area contributed by atoms with Crippen molar-refractivity contribution in [3.05, 3.63) is 59.2 Å². The van der Waals surface area contributed by atoms with E-state index in [0.717, 1.165) is 13.1 Å². The zero-order valence-electron chi connectivity index (χ0n) is 21.7. The van der Waals surface area contributed by atoms with Crippen LogP contribution in [-0.2, 0) is 0 Å². The number of rotatable bonds is 6. The van der Waals surface area contributed by atoms with Crippen molar-refractivity contribution >= 4 is 0 Å². The maximum absolute atomic E-state index is 2.56. The normalized spacial score (nSPS) is 29.2. The lowest BCUT2D eigenvalue weighted by atomic mass is 9.68. The molecular formula is C29H46N2. The van der Waals surface area contributed by atoms with Crippen molar-refractivity contribution in [2.45, 2.75) is 75.7 Å². The summed E-state index contributed by atoms with van der Waals surface area (Å²) in [5.74, 6) is 3.41. The van der Waals surface area contributed by atoms with Crippen LogP contribution in [0, 0.1) is 40.9 Å². The lowest BCUT2D eigenvalue weighted by Gasteiger charge is -2.45. The average molecular weight is 423 g/mol. The van der Waals surface area contributed by atoms with Crippen LogP contribution in [0.3, 0.4) is 0 Å². The Morgan fingerprint density at radius 2 is 1.48 bits per heavy atom. The van der Waals surface area contributed by atoms with Crippen molar-refractivity contribution in [3.63, 3.8) is 0 Å². The maximum Gasteiger partial charge on any atom is 0.0983 e. The zero-order valence-corrected chi connectivity index (χ0v) is 21.7. The Labute approximate surface area is 192 Å². The Hall–Kier alpha value is -1.70. The van der Waals surface area contributed by atoms with Gasteiger partial charge in [0.05, 0.1) is 6.67 Å². The predicted molar refractivity (Wildman–Crippen MR) is 135 cm³/mol. The van der Waals surface area contributed by atoms with E-state index >= 15 is 0 Å². The van der Waals surface area contributed by atoms with Gasteiger partial charge in [0.1, 0.15) is 0 Å². The molecule has 0 N–H and O–H groups in total. The molecule has 2 nitrogen and oxygen atoms in total. The Morgan fingerprint density at radius 1 is 0.871 bits per heavy atom. The van der Waals surface area contributed by atoms with Gasteiger partial charge in [-0.2, -0.15) is 0 Å². The molecule has 2 aliphatic carbocycles. The molecule has 0 bridgehead atoms. The molecule has 0 amide bonds. The van der Waals surface area contributed by atoms with Crippen LogP contribution < -0.4 is 0 Å². The molecule has 172 valence electrons. The molecule has 3 rings (SSSR count). The van der Waals surface area contributed by atoms with Crippen LogP contribution in [0.5, 0.6) is 0 Å². The molecule has 0 saturated heterocycles. The molecule has 1 aliphatic heterocycles. The van der Waals surface area contributed by atoms with Gasteiger partial charge in [0.15, 0.2) is 0 Å². The summed E-state index contributed by atoms with van der Waals surface area (Å²) in [7, 11) is 0. The molecule has 3 unspecified atom stereocenters. The van der Waals surface area contributed by atoms with Crippen LogP contribution in [0.2, 0.25) is 0 Å². The van der Waals surface area contributed by atoms with Gasteiger partial charge in [-0.1, -0.05) is 93.5 Å². The highest BCUT2D eigenvalue weighted by atomic mass is 15.4. The van der Waals surface area contributed by atoms with E-state index in [2.05, 4.69) is 116 Å². The first-order chi connectivity index (χ1) is 14.5. The SMILES string of the molecule is CC(C)C1=C(N2C=CN(C3=C(C(C)C)C=CCC3(C)C(C)C)C2)C(C(C)C)C(C)C=C1. The van der Waals surface area contributed by atoms with Crippen molar-refractivity contribution in [3.8, 4) is 0 Å². The van der Waals surface area contributed by atoms with Crippen LogP contribution in [0.4, 0.5) is 0 Å². The minimum absolute atomic E-state index is 0.168. The second kappa shape index (κ2) is 9.04. The third-order valence-corrected chi connectivity index (χ3v) is 7.98. The van der Waals surface area contributed by atoms with Gasteiger partial charge in [0, 0.05) is 35.1 Å². The average Bonchev–Trinajstić information content (AvgIpc) is 3.15. The van der Waals surface area contributed by atoms with Crippen LogP contribution in [0.15, 0.2) is 59.2 Å². The first-order valence-electron chi connectivity index (χ1n) is 12.5. The van der Waals surface area contributed by atoms with E-state index in [0.29, 0.717) is 35.5 Å². The van der Waals surface area contributed by atoms with E-state index in [9.17, 15) is 0 Å². The second-order valence-corrected chi connectivity index (χ2v) is 11.5. The number of nitrogens with zero attached hydrogens (tertiary/aromatic N) is 2. The molecule has 0 spiro atoms. The van der Waals surface area contributed by atoms with Crippen LogP contribution >= 0.6 is 0 Å². The molecular weight excluding hydrogens is 376 g/mol. The van der Waals surface area contributed by atoms with Crippen molar-refractivity contribution in [2.75, 3.05) is 6.67 Å². The fourth-order valence-electron chi connectivity index (χ4n) is 5.80. The number of allylic oxidation sites excluding steroid dienone is 8. The van der Waals surface area contributed by atoms with Crippen LogP contribution in [0.1, 0.15) is 75.7 Å². The topological polar surface area (TPSA) is 6.48 Å². The summed E-state index contributed by atoms with van der Waals surface area (Å²) in [4.78, 5) is 5.12. The minimum Gasteiger partial charge on any atom is -0.331 e. The van der Waals surface area contributed by atoms with Gasteiger partial charge < -0.3 is 9.80 Å². The monoisotopic (exact) mass is 422 g/mol. The van der Waals surface area contributed by atoms with Crippen molar-refractivity contribution in [2.24, 2.45) is 40.9 Å². The molecule has 0 radical (unpaired) electrons. The summed E-state index contributed by atoms with van der Waals surface area (Å²) in [5.41, 5.74) is 6.26. The highest BCUT2D eigenvalue weighted by Gasteiger charge is 2.41. The Kier molecular flexibility index (Phi) is 6.99. The summed E-state index contributed by atoms with van der Waals surface area (Å²) in [5, 5.41) is 0. The van der Waals surface area contributed by atoms with E-state index < -0.39 is 0 Å². The van der Waals surface area contributed by atoms with E-state index in [4.69, 9.17) is 0 Å². The fraction of sp³-hybridized carbons (Fsp3) is 0.655. The summed E-state index contributed by atoms with van der Waals surface area (Å²) in [6.07, 6.45) is 15.4. The Balaban J connectivity index is 2.04. The zero-order chi connectivity index (χ0) is 23.1. The molecule has 0 aromatic carbocycles. The van der Waals surface area contributed by atoms with Crippen LogP contribution in [-0.4, -0.2) is 16.5 Å². The van der Waals surface area contributed by atoms with E-state index in [1.807, 2.05) is 0 Å². The largest absolute Gasteiger partial charge is 0.331 e. The first-order valence-corrected chi connectivity index (χ1v) is 12.5. The quantitative estimate of drug-likeness (QED) is 0.428. The fourth-order valence-corrected chi connectivity index (χ4v) is 5.80. The van der Waals surface area contributed by atoms with Gasteiger partial charge in [-0.15, -0.1) is 0 Å². The molecule has 31 heavy (non-hydrogen) atoms. The molecule has 0 fully saturated rings. The van der Waals surface area contributed by atoms with E-state index in [1.165, 1.54) is 16.8 Å². The van der Waals surface area contributed by atoms with Crippen LogP contribution in [0.25, 0.3) is 0 Å². The molecule has 1 heterocycles. The number of hydrogen-bond acceptors (Lipinski definition) is 2. The van der Waals surface area contributed by atoms with Crippen molar-refractivity contribution < 1.29 is 0 Å². The third kappa shape index (κ3) is 4.32. The smallest absolute Gasteiger partial charge is 0.0983 e.